The van der Waals surface area contributed by atoms with Crippen molar-refractivity contribution in [2.24, 2.45) is 0 Å². The van der Waals surface area contributed by atoms with Crippen molar-refractivity contribution >= 4 is 29.0 Å². The highest BCUT2D eigenvalue weighted by molar-refractivity contribution is 6.34. The third-order valence-corrected chi connectivity index (χ3v) is 3.39. The molecule has 0 aliphatic heterocycles. The fourth-order valence-corrected chi connectivity index (χ4v) is 2.18. The SMILES string of the molecule is COc1cccc(CCNC(=O)Nc2ccc(N)cc2Cl)c1. The van der Waals surface area contributed by atoms with Crippen LogP contribution in [0.15, 0.2) is 42.5 Å². The second-order valence-electron chi connectivity index (χ2n) is 4.72. The summed E-state index contributed by atoms with van der Waals surface area (Å²) in [5, 5.41) is 5.87. The molecule has 2 amide bonds. The summed E-state index contributed by atoms with van der Waals surface area (Å²) < 4.78 is 5.16. The third-order valence-electron chi connectivity index (χ3n) is 3.07. The molecule has 4 N–H and O–H groups in total. The van der Waals surface area contributed by atoms with Gasteiger partial charge in [0.05, 0.1) is 17.8 Å². The van der Waals surface area contributed by atoms with Crippen LogP contribution < -0.4 is 21.1 Å². The minimum absolute atomic E-state index is 0.311. The number of anilines is 2. The highest BCUT2D eigenvalue weighted by Crippen LogP contribution is 2.23. The molecule has 0 atom stereocenters. The van der Waals surface area contributed by atoms with Crippen LogP contribution in [0.5, 0.6) is 5.75 Å². The third kappa shape index (κ3) is 4.56. The van der Waals surface area contributed by atoms with Gasteiger partial charge in [0.25, 0.3) is 0 Å². The maximum atomic E-state index is 11.8. The molecule has 0 heterocycles. The van der Waals surface area contributed by atoms with Crippen LogP contribution in [-0.2, 0) is 6.42 Å². The number of benzene rings is 2. The van der Waals surface area contributed by atoms with Crippen LogP contribution in [0.4, 0.5) is 16.2 Å². The predicted octanol–water partition coefficient (Wildman–Crippen LogP) is 3.30. The molecule has 2 aromatic carbocycles. The largest absolute Gasteiger partial charge is 0.497 e. The highest BCUT2D eigenvalue weighted by Gasteiger charge is 2.05. The lowest BCUT2D eigenvalue weighted by atomic mass is 10.1. The lowest BCUT2D eigenvalue weighted by Gasteiger charge is -2.10. The number of rotatable bonds is 5. The van der Waals surface area contributed by atoms with E-state index in [1.54, 1.807) is 25.3 Å². The number of hydrogen-bond donors (Lipinski definition) is 3. The lowest BCUT2D eigenvalue weighted by Crippen LogP contribution is -2.30. The Kier molecular flexibility index (Phi) is 5.49. The Bertz CT molecular complexity index is 662. The molecule has 0 radical (unpaired) electrons. The van der Waals surface area contributed by atoms with Crippen molar-refractivity contribution < 1.29 is 9.53 Å². The molecule has 0 aliphatic rings. The Morgan fingerprint density at radius 2 is 2.09 bits per heavy atom. The summed E-state index contributed by atoms with van der Waals surface area (Å²) >= 11 is 6.00. The van der Waals surface area contributed by atoms with E-state index in [2.05, 4.69) is 10.6 Å². The molecule has 0 bridgehead atoms. The molecule has 0 saturated carbocycles. The molecular weight excluding hydrogens is 302 g/mol. The molecule has 22 heavy (non-hydrogen) atoms. The van der Waals surface area contributed by atoms with E-state index >= 15 is 0 Å². The zero-order chi connectivity index (χ0) is 15.9. The maximum absolute atomic E-state index is 11.8. The topological polar surface area (TPSA) is 76.4 Å². The molecule has 2 aromatic rings. The van der Waals surface area contributed by atoms with E-state index in [0.29, 0.717) is 29.4 Å². The van der Waals surface area contributed by atoms with Crippen LogP contribution in [0, 0.1) is 0 Å². The van der Waals surface area contributed by atoms with Crippen LogP contribution in [0.25, 0.3) is 0 Å². The maximum Gasteiger partial charge on any atom is 0.319 e. The fraction of sp³-hybridized carbons (Fsp3) is 0.188. The van der Waals surface area contributed by atoms with E-state index in [1.807, 2.05) is 24.3 Å². The molecule has 116 valence electrons. The van der Waals surface area contributed by atoms with Crippen molar-refractivity contribution in [1.29, 1.82) is 0 Å². The molecule has 0 fully saturated rings. The van der Waals surface area contributed by atoms with Gasteiger partial charge < -0.3 is 21.1 Å². The summed E-state index contributed by atoms with van der Waals surface area (Å²) in [6.45, 7) is 0.506. The molecule has 0 spiro atoms. The molecular formula is C16H18ClN3O2. The van der Waals surface area contributed by atoms with Gasteiger partial charge in [-0.2, -0.15) is 0 Å². The fourth-order valence-electron chi connectivity index (χ4n) is 1.95. The number of urea groups is 1. The number of nitrogen functional groups attached to an aromatic ring is 1. The second kappa shape index (κ2) is 7.56. The number of halogens is 1. The number of amides is 2. The van der Waals surface area contributed by atoms with Gasteiger partial charge >= 0.3 is 6.03 Å². The zero-order valence-electron chi connectivity index (χ0n) is 12.2. The first-order valence-corrected chi connectivity index (χ1v) is 7.19. The summed E-state index contributed by atoms with van der Waals surface area (Å²) in [6, 6.07) is 12.4. The van der Waals surface area contributed by atoms with Gasteiger partial charge in [0, 0.05) is 12.2 Å². The molecule has 0 aromatic heterocycles. The van der Waals surface area contributed by atoms with Gasteiger partial charge in [-0.15, -0.1) is 0 Å². The minimum Gasteiger partial charge on any atom is -0.497 e. The van der Waals surface area contributed by atoms with E-state index in [4.69, 9.17) is 22.1 Å². The lowest BCUT2D eigenvalue weighted by molar-refractivity contribution is 0.252. The number of nitrogens with one attached hydrogen (secondary N) is 2. The Balaban J connectivity index is 1.82. The number of nitrogens with two attached hydrogens (primary N) is 1. The second-order valence-corrected chi connectivity index (χ2v) is 5.13. The van der Waals surface area contributed by atoms with Crippen LogP contribution in [0.2, 0.25) is 5.02 Å². The molecule has 0 unspecified atom stereocenters. The summed E-state index contributed by atoms with van der Waals surface area (Å²) in [5.74, 6) is 0.801. The number of ether oxygens (including phenoxy) is 1. The van der Waals surface area contributed by atoms with Gasteiger partial charge in [-0.25, -0.2) is 4.79 Å². The van der Waals surface area contributed by atoms with Gasteiger partial charge in [0.1, 0.15) is 5.75 Å². The predicted molar refractivity (Wildman–Crippen MR) is 89.6 cm³/mol. The average Bonchev–Trinajstić information content (AvgIpc) is 2.50. The normalized spacial score (nSPS) is 10.1. The first-order valence-electron chi connectivity index (χ1n) is 6.81. The molecule has 0 saturated heterocycles. The van der Waals surface area contributed by atoms with Crippen molar-refractivity contribution in [3.05, 3.63) is 53.1 Å². The Morgan fingerprint density at radius 3 is 2.82 bits per heavy atom. The van der Waals surface area contributed by atoms with Gasteiger partial charge in [0.2, 0.25) is 0 Å². The van der Waals surface area contributed by atoms with Crippen LogP contribution in [0.1, 0.15) is 5.56 Å². The number of carbonyl (C=O) groups is 1. The van der Waals surface area contributed by atoms with Crippen molar-refractivity contribution in [1.82, 2.24) is 5.32 Å². The summed E-state index contributed by atoms with van der Waals surface area (Å²) in [7, 11) is 1.63. The quantitative estimate of drug-likeness (QED) is 0.740. The molecule has 2 rings (SSSR count). The van der Waals surface area contributed by atoms with Crippen LogP contribution in [0.3, 0.4) is 0 Å². The van der Waals surface area contributed by atoms with Crippen LogP contribution >= 0.6 is 11.6 Å². The number of carbonyl (C=O) groups excluding carboxylic acids is 1. The van der Waals surface area contributed by atoms with E-state index < -0.39 is 0 Å². The smallest absolute Gasteiger partial charge is 0.319 e. The van der Waals surface area contributed by atoms with Crippen LogP contribution in [-0.4, -0.2) is 19.7 Å². The summed E-state index contributed by atoms with van der Waals surface area (Å²) in [6.07, 6.45) is 0.708. The standard InChI is InChI=1S/C16H18ClN3O2/c1-22-13-4-2-3-11(9-13)7-8-19-16(21)20-15-6-5-12(18)10-14(15)17/h2-6,9-10H,7-8,18H2,1H3,(H2,19,20,21). The first kappa shape index (κ1) is 16.0. The minimum atomic E-state index is -0.311. The number of methoxy groups -OCH3 is 1. The average molecular weight is 320 g/mol. The Labute approximate surface area is 134 Å². The number of hydrogen-bond acceptors (Lipinski definition) is 3. The molecule has 0 aliphatic carbocycles. The van der Waals surface area contributed by atoms with E-state index in [-0.39, 0.29) is 6.03 Å². The monoisotopic (exact) mass is 319 g/mol. The zero-order valence-corrected chi connectivity index (χ0v) is 13.0. The Morgan fingerprint density at radius 1 is 1.27 bits per heavy atom. The molecule has 6 heteroatoms. The van der Waals surface area contributed by atoms with Gasteiger partial charge in [0.15, 0.2) is 0 Å². The van der Waals surface area contributed by atoms with Gasteiger partial charge in [-0.1, -0.05) is 23.7 Å². The highest BCUT2D eigenvalue weighted by atomic mass is 35.5. The van der Waals surface area contributed by atoms with E-state index in [9.17, 15) is 4.79 Å². The Hall–Kier alpha value is -2.40. The van der Waals surface area contributed by atoms with Crippen molar-refractivity contribution in [2.75, 3.05) is 24.7 Å². The first-order chi connectivity index (χ1) is 10.6. The van der Waals surface area contributed by atoms with Gasteiger partial charge in [-0.05, 0) is 42.3 Å². The van der Waals surface area contributed by atoms with Crippen molar-refractivity contribution in [3.63, 3.8) is 0 Å². The van der Waals surface area contributed by atoms with Crippen molar-refractivity contribution in [2.45, 2.75) is 6.42 Å². The van der Waals surface area contributed by atoms with E-state index in [0.717, 1.165) is 11.3 Å². The summed E-state index contributed by atoms with van der Waals surface area (Å²) in [4.78, 5) is 11.8. The summed E-state index contributed by atoms with van der Waals surface area (Å²) in [5.41, 5.74) is 7.76. The van der Waals surface area contributed by atoms with Gasteiger partial charge in [-0.3, -0.25) is 0 Å². The molecule has 5 nitrogen and oxygen atoms in total. The van der Waals surface area contributed by atoms with Crippen molar-refractivity contribution in [3.8, 4) is 5.75 Å². The van der Waals surface area contributed by atoms with E-state index in [1.165, 1.54) is 0 Å².